The number of hydrogen-bond acceptors (Lipinski definition) is 4. The van der Waals surface area contributed by atoms with E-state index in [9.17, 15) is 4.79 Å². The van der Waals surface area contributed by atoms with Gasteiger partial charge in [-0.2, -0.15) is 0 Å². The van der Waals surface area contributed by atoms with E-state index in [1.54, 1.807) is 41.8 Å². The Kier molecular flexibility index (Phi) is 7.54. The molecule has 0 saturated carbocycles. The monoisotopic (exact) mass is 564 g/mol. The molecule has 4 aromatic rings. The molecule has 1 aliphatic rings. The number of anilines is 1. The third-order valence-electron chi connectivity index (χ3n) is 7.20. The number of furan rings is 1. The molecule has 0 aliphatic heterocycles. The summed E-state index contributed by atoms with van der Waals surface area (Å²) in [5.74, 6) is 1.75. The second-order valence-electron chi connectivity index (χ2n) is 10.9. The molecule has 1 N–H and O–H groups in total. The number of halogens is 2. The van der Waals surface area contributed by atoms with E-state index in [1.807, 2.05) is 37.3 Å². The topological polar surface area (TPSA) is 54.6 Å². The van der Waals surface area contributed by atoms with Crippen molar-refractivity contribution in [3.8, 4) is 11.3 Å². The summed E-state index contributed by atoms with van der Waals surface area (Å²) >= 11 is 13.8. The van der Waals surface area contributed by atoms with Crippen molar-refractivity contribution >= 4 is 57.3 Å². The van der Waals surface area contributed by atoms with E-state index in [2.05, 4.69) is 26.1 Å². The van der Waals surface area contributed by atoms with Gasteiger partial charge in [0.15, 0.2) is 0 Å². The molecule has 1 aliphatic carbocycles. The Morgan fingerprint density at radius 2 is 1.82 bits per heavy atom. The highest BCUT2D eigenvalue weighted by Gasteiger charge is 2.33. The zero-order valence-corrected chi connectivity index (χ0v) is 24.2. The van der Waals surface area contributed by atoms with E-state index in [0.717, 1.165) is 41.7 Å². The van der Waals surface area contributed by atoms with Crippen LogP contribution in [0.15, 0.2) is 64.0 Å². The molecule has 1 atom stereocenters. The van der Waals surface area contributed by atoms with Crippen molar-refractivity contribution in [1.29, 1.82) is 0 Å². The molecule has 2 heterocycles. The summed E-state index contributed by atoms with van der Waals surface area (Å²) < 4.78 is 6.08. The predicted octanol–water partition coefficient (Wildman–Crippen LogP) is 9.78. The van der Waals surface area contributed by atoms with E-state index in [4.69, 9.17) is 32.6 Å². The van der Waals surface area contributed by atoms with Gasteiger partial charge in [-0.05, 0) is 97.2 Å². The van der Waals surface area contributed by atoms with Crippen LogP contribution in [0.3, 0.4) is 0 Å². The Bertz CT molecular complexity index is 1510. The Labute approximate surface area is 237 Å². The van der Waals surface area contributed by atoms with Gasteiger partial charge in [0.05, 0.1) is 11.8 Å². The molecule has 196 valence electrons. The normalized spacial score (nSPS) is 15.6. The van der Waals surface area contributed by atoms with Gasteiger partial charge < -0.3 is 9.73 Å². The van der Waals surface area contributed by atoms with Gasteiger partial charge in [-0.25, -0.2) is 4.99 Å². The standard InChI is InChI=1S/C31H30Cl2N2O2S/c1-18-5-7-21(33)16-25(18)26-14-12-23(37-26)17-34-30-28(29(36)35-22-10-8-20(32)9-11-22)24-13-6-19(31(2,3)4)15-27(24)38-30/h5,7-12,14,16-17,19H,6,13,15H2,1-4H3,(H,35,36)/t19-/m1/s1. The van der Waals surface area contributed by atoms with Crippen molar-refractivity contribution in [2.24, 2.45) is 16.3 Å². The maximum Gasteiger partial charge on any atom is 0.259 e. The quantitative estimate of drug-likeness (QED) is 0.245. The summed E-state index contributed by atoms with van der Waals surface area (Å²) in [4.78, 5) is 19.6. The lowest BCUT2D eigenvalue weighted by Crippen LogP contribution is -2.27. The molecular formula is C31H30Cl2N2O2S. The molecule has 0 saturated heterocycles. The molecular weight excluding hydrogens is 535 g/mol. The summed E-state index contributed by atoms with van der Waals surface area (Å²) in [5, 5.41) is 5.02. The first-order valence-corrected chi connectivity index (χ1v) is 14.3. The van der Waals surface area contributed by atoms with Crippen LogP contribution in [-0.4, -0.2) is 12.1 Å². The van der Waals surface area contributed by atoms with Crippen molar-refractivity contribution in [2.75, 3.05) is 5.32 Å². The van der Waals surface area contributed by atoms with Crippen molar-refractivity contribution in [2.45, 2.75) is 47.0 Å². The van der Waals surface area contributed by atoms with Crippen molar-refractivity contribution in [1.82, 2.24) is 0 Å². The van der Waals surface area contributed by atoms with Crippen molar-refractivity contribution in [3.63, 3.8) is 0 Å². The number of nitrogens with one attached hydrogen (secondary N) is 1. The number of aryl methyl sites for hydroxylation is 1. The van der Waals surface area contributed by atoms with Gasteiger partial charge in [-0.1, -0.05) is 50.0 Å². The van der Waals surface area contributed by atoms with Crippen LogP contribution in [0.25, 0.3) is 11.3 Å². The second-order valence-corrected chi connectivity index (χ2v) is 12.8. The van der Waals surface area contributed by atoms with Crippen LogP contribution in [0.1, 0.15) is 59.3 Å². The number of carbonyl (C=O) groups excluding carboxylic acids is 1. The lowest BCUT2D eigenvalue weighted by molar-refractivity contribution is 0.102. The van der Waals surface area contributed by atoms with Gasteiger partial charge >= 0.3 is 0 Å². The van der Waals surface area contributed by atoms with Crippen LogP contribution in [-0.2, 0) is 12.8 Å². The van der Waals surface area contributed by atoms with E-state index in [-0.39, 0.29) is 11.3 Å². The van der Waals surface area contributed by atoms with Crippen LogP contribution in [0.4, 0.5) is 10.7 Å². The lowest BCUT2D eigenvalue weighted by atomic mass is 9.72. The van der Waals surface area contributed by atoms with Crippen LogP contribution in [0, 0.1) is 18.3 Å². The first-order chi connectivity index (χ1) is 18.1. The van der Waals surface area contributed by atoms with Gasteiger partial charge in [0, 0.05) is 26.2 Å². The van der Waals surface area contributed by atoms with Crippen LogP contribution in [0.2, 0.25) is 10.0 Å². The lowest BCUT2D eigenvalue weighted by Gasteiger charge is -2.33. The summed E-state index contributed by atoms with van der Waals surface area (Å²) in [6, 6.07) is 16.7. The average Bonchev–Trinajstić information content (AvgIpc) is 3.49. The molecule has 0 bridgehead atoms. The highest BCUT2D eigenvalue weighted by molar-refractivity contribution is 7.16. The number of aliphatic imine (C=N–C) groups is 1. The van der Waals surface area contributed by atoms with Gasteiger partial charge in [0.25, 0.3) is 5.91 Å². The van der Waals surface area contributed by atoms with Gasteiger partial charge in [-0.15, -0.1) is 11.3 Å². The van der Waals surface area contributed by atoms with Crippen LogP contribution < -0.4 is 5.32 Å². The minimum absolute atomic E-state index is 0.152. The Hall–Kier alpha value is -2.86. The molecule has 2 aromatic carbocycles. The van der Waals surface area contributed by atoms with E-state index in [1.165, 1.54) is 4.88 Å². The maximum absolute atomic E-state index is 13.6. The maximum atomic E-state index is 13.6. The number of benzene rings is 2. The first-order valence-electron chi connectivity index (χ1n) is 12.7. The summed E-state index contributed by atoms with van der Waals surface area (Å²) in [6.45, 7) is 8.90. The fraction of sp³-hybridized carbons (Fsp3) is 0.290. The predicted molar refractivity (Wildman–Crippen MR) is 160 cm³/mol. The van der Waals surface area contributed by atoms with Crippen LogP contribution >= 0.6 is 34.5 Å². The highest BCUT2D eigenvalue weighted by atomic mass is 35.5. The third kappa shape index (κ3) is 5.75. The summed E-state index contributed by atoms with van der Waals surface area (Å²) in [6.07, 6.45) is 4.57. The number of thiophene rings is 1. The summed E-state index contributed by atoms with van der Waals surface area (Å²) in [5.41, 5.74) is 4.70. The molecule has 5 rings (SSSR count). The van der Waals surface area contributed by atoms with E-state index >= 15 is 0 Å². The van der Waals surface area contributed by atoms with Crippen molar-refractivity contribution in [3.05, 3.63) is 92.0 Å². The molecule has 4 nitrogen and oxygen atoms in total. The SMILES string of the molecule is Cc1ccc(Cl)cc1-c1ccc(C=Nc2sc3c(c2C(=O)Nc2ccc(Cl)cc2)CC[C@@H](C(C)(C)C)C3)o1. The van der Waals surface area contributed by atoms with E-state index < -0.39 is 0 Å². The minimum Gasteiger partial charge on any atom is -0.455 e. The number of rotatable bonds is 5. The molecule has 0 fully saturated rings. The largest absolute Gasteiger partial charge is 0.455 e. The number of fused-ring (bicyclic) bond motifs is 1. The Balaban J connectivity index is 1.47. The van der Waals surface area contributed by atoms with E-state index in [0.29, 0.717) is 38.0 Å². The van der Waals surface area contributed by atoms with Crippen molar-refractivity contribution < 1.29 is 9.21 Å². The fourth-order valence-electron chi connectivity index (χ4n) is 4.91. The Morgan fingerprint density at radius 1 is 1.08 bits per heavy atom. The number of carbonyl (C=O) groups is 1. The zero-order valence-electron chi connectivity index (χ0n) is 21.9. The third-order valence-corrected chi connectivity index (χ3v) is 8.85. The zero-order chi connectivity index (χ0) is 27.0. The first kappa shape index (κ1) is 26.7. The number of amides is 1. The second kappa shape index (κ2) is 10.7. The molecule has 0 radical (unpaired) electrons. The van der Waals surface area contributed by atoms with Gasteiger partial charge in [-0.3, -0.25) is 4.79 Å². The smallest absolute Gasteiger partial charge is 0.259 e. The van der Waals surface area contributed by atoms with Gasteiger partial charge in [0.2, 0.25) is 0 Å². The average molecular weight is 566 g/mol. The molecule has 1 amide bonds. The number of hydrogen-bond donors (Lipinski definition) is 1. The molecule has 2 aromatic heterocycles. The fourth-order valence-corrected chi connectivity index (χ4v) is 6.48. The Morgan fingerprint density at radius 3 is 2.55 bits per heavy atom. The molecule has 7 heteroatoms. The van der Waals surface area contributed by atoms with Crippen LogP contribution in [0.5, 0.6) is 0 Å². The molecule has 0 unspecified atom stereocenters. The van der Waals surface area contributed by atoms with Gasteiger partial charge in [0.1, 0.15) is 16.5 Å². The highest BCUT2D eigenvalue weighted by Crippen LogP contribution is 2.45. The molecule has 38 heavy (non-hydrogen) atoms. The summed E-state index contributed by atoms with van der Waals surface area (Å²) in [7, 11) is 0. The molecule has 0 spiro atoms. The minimum atomic E-state index is -0.152. The number of nitrogens with zero attached hydrogens (tertiary/aromatic N) is 1.